The van der Waals surface area contributed by atoms with Gasteiger partial charge in [-0.15, -0.1) is 5.10 Å². The van der Waals surface area contributed by atoms with Crippen LogP contribution in [0.4, 0.5) is 0 Å². The summed E-state index contributed by atoms with van der Waals surface area (Å²) in [6.07, 6.45) is 3.12. The van der Waals surface area contributed by atoms with Crippen molar-refractivity contribution in [2.45, 2.75) is 43.8 Å². The number of hydrogen-bond acceptors (Lipinski definition) is 5. The molecule has 0 saturated heterocycles. The van der Waals surface area contributed by atoms with Crippen molar-refractivity contribution in [1.29, 1.82) is 0 Å². The van der Waals surface area contributed by atoms with Gasteiger partial charge in [0.1, 0.15) is 0 Å². The highest BCUT2D eigenvalue weighted by molar-refractivity contribution is 7.03. The first-order valence-electron chi connectivity index (χ1n) is 4.87. The Morgan fingerprint density at radius 1 is 1.50 bits per heavy atom. The summed E-state index contributed by atoms with van der Waals surface area (Å²) < 4.78 is 3.72. The van der Waals surface area contributed by atoms with Crippen molar-refractivity contribution in [3.05, 3.63) is 11.1 Å². The zero-order valence-electron chi connectivity index (χ0n) is 7.89. The smallest absolute Gasteiger partial charge is 0.0909 e. The van der Waals surface area contributed by atoms with E-state index in [9.17, 15) is 10.2 Å². The van der Waals surface area contributed by atoms with Gasteiger partial charge in [0.25, 0.3) is 0 Å². The monoisotopic (exact) mass is 214 g/mol. The predicted octanol–water partition coefficient (Wildman–Crippen LogP) is 0.747. The fourth-order valence-corrected chi connectivity index (χ4v) is 2.45. The Bertz CT molecular complexity index is 283. The highest BCUT2D eigenvalue weighted by atomic mass is 32.1. The van der Waals surface area contributed by atoms with Crippen molar-refractivity contribution in [2.24, 2.45) is 0 Å². The van der Waals surface area contributed by atoms with Crippen LogP contribution in [0.15, 0.2) is 5.38 Å². The molecule has 14 heavy (non-hydrogen) atoms. The van der Waals surface area contributed by atoms with Crippen LogP contribution in [0, 0.1) is 0 Å². The quantitative estimate of drug-likeness (QED) is 0.779. The average molecular weight is 214 g/mol. The number of rotatable bonds is 3. The summed E-state index contributed by atoms with van der Waals surface area (Å²) in [6.45, 7) is 0. The summed E-state index contributed by atoms with van der Waals surface area (Å²) in [6, 6.07) is 0. The van der Waals surface area contributed by atoms with Crippen LogP contribution in [0.5, 0.6) is 0 Å². The Balaban J connectivity index is 1.98. The second kappa shape index (κ2) is 3.92. The first-order chi connectivity index (χ1) is 6.71. The lowest BCUT2D eigenvalue weighted by Gasteiger charge is -2.27. The lowest BCUT2D eigenvalue weighted by atomic mass is 9.92. The zero-order chi connectivity index (χ0) is 10.0. The van der Waals surface area contributed by atoms with E-state index < -0.39 is 11.7 Å². The maximum Gasteiger partial charge on any atom is 0.0909 e. The van der Waals surface area contributed by atoms with Crippen LogP contribution in [-0.2, 0) is 6.42 Å². The van der Waals surface area contributed by atoms with Gasteiger partial charge in [0, 0.05) is 11.8 Å². The van der Waals surface area contributed by atoms with Gasteiger partial charge in [-0.05, 0) is 24.4 Å². The third-order valence-electron chi connectivity index (χ3n) is 2.90. The number of aliphatic hydroxyl groups is 2. The molecule has 1 unspecified atom stereocenters. The van der Waals surface area contributed by atoms with Crippen LogP contribution in [-0.4, -0.2) is 31.5 Å². The Morgan fingerprint density at radius 2 is 2.21 bits per heavy atom. The van der Waals surface area contributed by atoms with E-state index in [1.54, 1.807) is 0 Å². The molecule has 0 radical (unpaired) electrons. The molecule has 4 nitrogen and oxygen atoms in total. The highest BCUT2D eigenvalue weighted by Crippen LogP contribution is 2.33. The van der Waals surface area contributed by atoms with Gasteiger partial charge in [-0.25, -0.2) is 0 Å². The standard InChI is InChI=1S/C9H14N2O2S/c12-8(5-7-6-14-11-10-7)9(13)3-1-2-4-9/h6,8,12-13H,1-5H2. The maximum atomic E-state index is 10.1. The minimum Gasteiger partial charge on any atom is -0.390 e. The molecular weight excluding hydrogens is 200 g/mol. The fourth-order valence-electron chi connectivity index (χ4n) is 1.98. The molecular formula is C9H14N2O2S. The minimum atomic E-state index is -0.885. The number of hydrogen-bond donors (Lipinski definition) is 2. The molecule has 0 aliphatic heterocycles. The number of aliphatic hydroxyl groups excluding tert-OH is 1. The van der Waals surface area contributed by atoms with E-state index in [1.807, 2.05) is 5.38 Å². The first-order valence-corrected chi connectivity index (χ1v) is 5.71. The third kappa shape index (κ3) is 1.94. The van der Waals surface area contributed by atoms with Gasteiger partial charge in [0.05, 0.1) is 17.4 Å². The maximum absolute atomic E-state index is 10.1. The number of aromatic nitrogens is 2. The van der Waals surface area contributed by atoms with Crippen molar-refractivity contribution in [1.82, 2.24) is 9.59 Å². The van der Waals surface area contributed by atoms with Crippen LogP contribution in [0.3, 0.4) is 0 Å². The van der Waals surface area contributed by atoms with E-state index in [2.05, 4.69) is 9.59 Å². The molecule has 1 aromatic rings. The molecule has 0 amide bonds. The van der Waals surface area contributed by atoms with Gasteiger partial charge in [0.15, 0.2) is 0 Å². The normalized spacial score (nSPS) is 22.4. The molecule has 0 bridgehead atoms. The molecule has 1 fully saturated rings. The second-order valence-electron chi connectivity index (χ2n) is 3.93. The van der Waals surface area contributed by atoms with Gasteiger partial charge in [-0.2, -0.15) is 0 Å². The zero-order valence-corrected chi connectivity index (χ0v) is 8.70. The van der Waals surface area contributed by atoms with Crippen LogP contribution in [0.1, 0.15) is 31.4 Å². The molecule has 1 aromatic heterocycles. The van der Waals surface area contributed by atoms with Crippen LogP contribution in [0.25, 0.3) is 0 Å². The van der Waals surface area contributed by atoms with E-state index in [4.69, 9.17) is 0 Å². The molecule has 1 aliphatic rings. The SMILES string of the molecule is OC(Cc1csnn1)C1(O)CCCC1. The molecule has 1 saturated carbocycles. The molecule has 0 aromatic carbocycles. The first kappa shape index (κ1) is 10.0. The van der Waals surface area contributed by atoms with Crippen LogP contribution < -0.4 is 0 Å². The van der Waals surface area contributed by atoms with Crippen molar-refractivity contribution in [3.63, 3.8) is 0 Å². The topological polar surface area (TPSA) is 66.2 Å². The Morgan fingerprint density at radius 3 is 2.79 bits per heavy atom. The Labute approximate surface area is 86.8 Å². The van der Waals surface area contributed by atoms with Gasteiger partial charge < -0.3 is 10.2 Å². The van der Waals surface area contributed by atoms with Crippen molar-refractivity contribution >= 4 is 11.5 Å². The predicted molar refractivity (Wildman–Crippen MR) is 53.0 cm³/mol. The summed E-state index contributed by atoms with van der Waals surface area (Å²) in [4.78, 5) is 0. The van der Waals surface area contributed by atoms with E-state index >= 15 is 0 Å². The third-order valence-corrected chi connectivity index (χ3v) is 3.45. The Kier molecular flexibility index (Phi) is 2.80. The van der Waals surface area contributed by atoms with E-state index in [0.29, 0.717) is 19.3 Å². The Hall–Kier alpha value is -0.520. The van der Waals surface area contributed by atoms with Crippen LogP contribution in [0.2, 0.25) is 0 Å². The molecule has 78 valence electrons. The van der Waals surface area contributed by atoms with Crippen LogP contribution >= 0.6 is 11.5 Å². The molecule has 2 N–H and O–H groups in total. The molecule has 1 atom stereocenters. The molecule has 1 heterocycles. The highest BCUT2D eigenvalue weighted by Gasteiger charge is 2.38. The largest absolute Gasteiger partial charge is 0.390 e. The van der Waals surface area contributed by atoms with E-state index in [0.717, 1.165) is 18.5 Å². The molecule has 0 spiro atoms. The molecule has 1 aliphatic carbocycles. The summed E-state index contributed by atoms with van der Waals surface area (Å²) in [5.74, 6) is 0. The summed E-state index contributed by atoms with van der Waals surface area (Å²) >= 11 is 1.27. The van der Waals surface area contributed by atoms with Gasteiger partial charge in [0.2, 0.25) is 0 Å². The minimum absolute atomic E-state index is 0.410. The van der Waals surface area contributed by atoms with Gasteiger partial charge >= 0.3 is 0 Å². The van der Waals surface area contributed by atoms with Crippen molar-refractivity contribution in [3.8, 4) is 0 Å². The second-order valence-corrected chi connectivity index (χ2v) is 4.54. The van der Waals surface area contributed by atoms with Gasteiger partial charge in [-0.3, -0.25) is 0 Å². The lowest BCUT2D eigenvalue weighted by molar-refractivity contribution is -0.0693. The summed E-state index contributed by atoms with van der Waals surface area (Å²) in [5, 5.41) is 25.6. The summed E-state index contributed by atoms with van der Waals surface area (Å²) in [7, 11) is 0. The van der Waals surface area contributed by atoms with E-state index in [1.165, 1.54) is 11.5 Å². The van der Waals surface area contributed by atoms with Crippen molar-refractivity contribution in [2.75, 3.05) is 0 Å². The van der Waals surface area contributed by atoms with E-state index in [-0.39, 0.29) is 0 Å². The van der Waals surface area contributed by atoms with Crippen molar-refractivity contribution < 1.29 is 10.2 Å². The summed E-state index contributed by atoms with van der Waals surface area (Å²) in [5.41, 5.74) is -0.119. The molecule has 2 rings (SSSR count). The van der Waals surface area contributed by atoms with Gasteiger partial charge in [-0.1, -0.05) is 17.3 Å². The lowest BCUT2D eigenvalue weighted by Crippen LogP contribution is -2.40. The average Bonchev–Trinajstić information content (AvgIpc) is 2.76. The molecule has 5 heteroatoms. The fraction of sp³-hybridized carbons (Fsp3) is 0.778. The number of nitrogens with zero attached hydrogens (tertiary/aromatic N) is 2.